The van der Waals surface area contributed by atoms with Crippen molar-refractivity contribution in [1.29, 1.82) is 0 Å². The van der Waals surface area contributed by atoms with Gasteiger partial charge in [-0.25, -0.2) is 0 Å². The van der Waals surface area contributed by atoms with Crippen molar-refractivity contribution in [3.05, 3.63) is 64.9 Å². The van der Waals surface area contributed by atoms with E-state index in [1.165, 1.54) is 6.92 Å². The van der Waals surface area contributed by atoms with Gasteiger partial charge in [0.1, 0.15) is 24.5 Å². The zero-order chi connectivity index (χ0) is 19.4. The number of furan rings is 1. The van der Waals surface area contributed by atoms with E-state index in [0.29, 0.717) is 11.3 Å². The van der Waals surface area contributed by atoms with Crippen LogP contribution >= 0.6 is 0 Å². The van der Waals surface area contributed by atoms with Gasteiger partial charge in [-0.15, -0.1) is 0 Å². The van der Waals surface area contributed by atoms with E-state index < -0.39 is 0 Å². The molecule has 0 saturated carbocycles. The molecule has 0 fully saturated rings. The third kappa shape index (κ3) is 4.19. The molecule has 0 unspecified atom stereocenters. The Morgan fingerprint density at radius 2 is 1.81 bits per heavy atom. The molecule has 27 heavy (non-hydrogen) atoms. The number of esters is 1. The highest BCUT2D eigenvalue weighted by Crippen LogP contribution is 2.27. The zero-order valence-electron chi connectivity index (χ0n) is 15.7. The molecule has 140 valence electrons. The molecule has 0 saturated heterocycles. The predicted octanol–water partition coefficient (Wildman–Crippen LogP) is 4.42. The number of fused-ring (bicyclic) bond motifs is 1. The monoisotopic (exact) mass is 366 g/mol. The lowest BCUT2D eigenvalue weighted by Crippen LogP contribution is -2.14. The van der Waals surface area contributed by atoms with Crippen LogP contribution in [0.5, 0.6) is 5.75 Å². The highest BCUT2D eigenvalue weighted by Gasteiger charge is 2.14. The average molecular weight is 366 g/mol. The molecule has 0 amide bonds. The maximum absolute atomic E-state index is 12.1. The van der Waals surface area contributed by atoms with Gasteiger partial charge in [-0.2, -0.15) is 0 Å². The molecule has 0 aliphatic rings. The van der Waals surface area contributed by atoms with Crippen LogP contribution in [0.1, 0.15) is 34.0 Å². The summed E-state index contributed by atoms with van der Waals surface area (Å²) < 4.78 is 16.4. The summed E-state index contributed by atoms with van der Waals surface area (Å²) in [6, 6.07) is 11.0. The Hall–Kier alpha value is -3.08. The number of Topliss-reactive ketones (excluding diaryl/α,β-unsaturated/α-hetero) is 1. The molecule has 0 aliphatic carbocycles. The minimum atomic E-state index is -0.348. The maximum atomic E-state index is 12.1. The number of aryl methyl sites for hydroxylation is 2. The fourth-order valence-corrected chi connectivity index (χ4v) is 2.92. The fraction of sp³-hybridized carbons (Fsp3) is 0.273. The highest BCUT2D eigenvalue weighted by atomic mass is 16.6. The first-order valence-electron chi connectivity index (χ1n) is 8.82. The summed E-state index contributed by atoms with van der Waals surface area (Å²) in [6.07, 6.45) is 1.75. The van der Waals surface area contributed by atoms with Gasteiger partial charge in [-0.3, -0.25) is 9.59 Å². The summed E-state index contributed by atoms with van der Waals surface area (Å²) in [4.78, 5) is 23.7. The number of para-hydroxylation sites is 1. The summed E-state index contributed by atoms with van der Waals surface area (Å²) >= 11 is 0. The quantitative estimate of drug-likeness (QED) is 0.352. The molecule has 0 bridgehead atoms. The Balaban J connectivity index is 1.54. The van der Waals surface area contributed by atoms with Gasteiger partial charge in [0.2, 0.25) is 0 Å². The van der Waals surface area contributed by atoms with Crippen molar-refractivity contribution in [2.24, 2.45) is 0 Å². The van der Waals surface area contributed by atoms with E-state index in [0.717, 1.165) is 27.7 Å². The third-order valence-electron chi connectivity index (χ3n) is 4.55. The number of hydrogen-bond acceptors (Lipinski definition) is 5. The van der Waals surface area contributed by atoms with Crippen LogP contribution in [-0.4, -0.2) is 25.0 Å². The molecule has 5 nitrogen and oxygen atoms in total. The van der Waals surface area contributed by atoms with Crippen LogP contribution in [0.15, 0.2) is 47.1 Å². The summed E-state index contributed by atoms with van der Waals surface area (Å²) in [6.45, 7) is 5.80. The second kappa shape index (κ2) is 8.08. The lowest BCUT2D eigenvalue weighted by atomic mass is 10.0. The van der Waals surface area contributed by atoms with E-state index in [2.05, 4.69) is 0 Å². The Morgan fingerprint density at radius 3 is 2.59 bits per heavy atom. The Bertz CT molecular complexity index is 984. The standard InChI is InChI=1S/C22H22O5/c1-14-8-9-19-17(13-27-22(19)15(14)2)12-21(24)26-11-10-25-20-7-5-4-6-18(20)16(3)23/h4-9,13H,10-12H2,1-3H3. The molecular formula is C22H22O5. The normalized spacial score (nSPS) is 10.8. The van der Waals surface area contributed by atoms with E-state index in [-0.39, 0.29) is 31.4 Å². The highest BCUT2D eigenvalue weighted by molar-refractivity contribution is 5.96. The Kier molecular flexibility index (Phi) is 5.60. The van der Waals surface area contributed by atoms with E-state index >= 15 is 0 Å². The molecule has 5 heteroatoms. The Labute approximate surface area is 157 Å². The molecule has 2 aromatic carbocycles. The SMILES string of the molecule is CC(=O)c1ccccc1OCCOC(=O)Cc1coc2c(C)c(C)ccc12. The van der Waals surface area contributed by atoms with Gasteiger partial charge in [0, 0.05) is 10.9 Å². The molecule has 1 aromatic heterocycles. The fourth-order valence-electron chi connectivity index (χ4n) is 2.92. The van der Waals surface area contributed by atoms with Crippen molar-refractivity contribution in [2.45, 2.75) is 27.2 Å². The van der Waals surface area contributed by atoms with E-state index in [4.69, 9.17) is 13.9 Å². The van der Waals surface area contributed by atoms with E-state index in [9.17, 15) is 9.59 Å². The summed E-state index contributed by atoms with van der Waals surface area (Å²) in [5.41, 5.74) is 4.35. The minimum Gasteiger partial charge on any atom is -0.489 e. The van der Waals surface area contributed by atoms with Crippen molar-refractivity contribution in [2.75, 3.05) is 13.2 Å². The number of ether oxygens (including phenoxy) is 2. The van der Waals surface area contributed by atoms with Crippen LogP contribution in [0.4, 0.5) is 0 Å². The first-order chi connectivity index (χ1) is 13.0. The minimum absolute atomic E-state index is 0.0695. The molecule has 1 heterocycles. The topological polar surface area (TPSA) is 65.7 Å². The van der Waals surface area contributed by atoms with Crippen LogP contribution in [0.25, 0.3) is 11.0 Å². The van der Waals surface area contributed by atoms with Gasteiger partial charge in [-0.1, -0.05) is 24.3 Å². The summed E-state index contributed by atoms with van der Waals surface area (Å²) in [5.74, 6) is 0.0760. The summed E-state index contributed by atoms with van der Waals surface area (Å²) in [5, 5.41) is 0.932. The molecule has 3 rings (SSSR count). The number of rotatable bonds is 7. The van der Waals surface area contributed by atoms with E-state index in [1.807, 2.05) is 26.0 Å². The molecular weight excluding hydrogens is 344 g/mol. The van der Waals surface area contributed by atoms with Gasteiger partial charge in [0.25, 0.3) is 0 Å². The van der Waals surface area contributed by atoms with Crippen molar-refractivity contribution < 1.29 is 23.5 Å². The number of carbonyl (C=O) groups is 2. The lowest BCUT2D eigenvalue weighted by Gasteiger charge is -2.10. The van der Waals surface area contributed by atoms with Crippen molar-refractivity contribution in [3.8, 4) is 5.75 Å². The van der Waals surface area contributed by atoms with Gasteiger partial charge in [0.15, 0.2) is 5.78 Å². The van der Waals surface area contributed by atoms with Crippen LogP contribution in [0.3, 0.4) is 0 Å². The van der Waals surface area contributed by atoms with Crippen LogP contribution in [-0.2, 0) is 16.0 Å². The molecule has 0 N–H and O–H groups in total. The van der Waals surface area contributed by atoms with Gasteiger partial charge >= 0.3 is 5.97 Å². The Morgan fingerprint density at radius 1 is 1.04 bits per heavy atom. The predicted molar refractivity (Wildman–Crippen MR) is 102 cm³/mol. The van der Waals surface area contributed by atoms with Crippen molar-refractivity contribution >= 4 is 22.7 Å². The summed E-state index contributed by atoms with van der Waals surface area (Å²) in [7, 11) is 0. The number of benzene rings is 2. The van der Waals surface area contributed by atoms with Crippen LogP contribution < -0.4 is 4.74 Å². The molecule has 0 spiro atoms. The molecule has 0 atom stereocenters. The van der Waals surface area contributed by atoms with Crippen LogP contribution in [0, 0.1) is 13.8 Å². The van der Waals surface area contributed by atoms with Gasteiger partial charge in [0.05, 0.1) is 18.2 Å². The molecule has 3 aromatic rings. The van der Waals surface area contributed by atoms with E-state index in [1.54, 1.807) is 30.5 Å². The van der Waals surface area contributed by atoms with Gasteiger partial charge < -0.3 is 13.9 Å². The van der Waals surface area contributed by atoms with Gasteiger partial charge in [-0.05, 0) is 44.0 Å². The number of hydrogen-bond donors (Lipinski definition) is 0. The number of ketones is 1. The zero-order valence-corrected chi connectivity index (χ0v) is 15.7. The average Bonchev–Trinajstić information content (AvgIpc) is 3.05. The van der Waals surface area contributed by atoms with Crippen molar-refractivity contribution in [3.63, 3.8) is 0 Å². The molecule has 0 aliphatic heterocycles. The molecule has 0 radical (unpaired) electrons. The van der Waals surface area contributed by atoms with Crippen LogP contribution in [0.2, 0.25) is 0 Å². The first kappa shape index (κ1) is 18.7. The smallest absolute Gasteiger partial charge is 0.310 e. The second-order valence-corrected chi connectivity index (χ2v) is 6.44. The first-order valence-corrected chi connectivity index (χ1v) is 8.82. The third-order valence-corrected chi connectivity index (χ3v) is 4.55. The number of carbonyl (C=O) groups excluding carboxylic acids is 2. The van der Waals surface area contributed by atoms with Crippen molar-refractivity contribution in [1.82, 2.24) is 0 Å². The maximum Gasteiger partial charge on any atom is 0.310 e. The largest absolute Gasteiger partial charge is 0.489 e. The lowest BCUT2D eigenvalue weighted by molar-refractivity contribution is -0.143. The second-order valence-electron chi connectivity index (χ2n) is 6.44.